The van der Waals surface area contributed by atoms with Crippen molar-refractivity contribution < 1.29 is 24.1 Å². The molecule has 2 N–H and O–H groups in total. The average Bonchev–Trinajstić information content (AvgIpc) is 2.63. The smallest absolute Gasteiger partial charge is 0.310 e. The van der Waals surface area contributed by atoms with Gasteiger partial charge >= 0.3 is 5.97 Å². The highest BCUT2D eigenvalue weighted by Gasteiger charge is 2.32. The number of aliphatic hydroxyl groups excluding tert-OH is 1. The van der Waals surface area contributed by atoms with Gasteiger partial charge in [-0.05, 0) is 36.2 Å². The Morgan fingerprint density at radius 3 is 2.81 bits per heavy atom. The predicted octanol–water partition coefficient (Wildman–Crippen LogP) is 3.33. The third-order valence-corrected chi connectivity index (χ3v) is 5.08. The van der Waals surface area contributed by atoms with Crippen molar-refractivity contribution in [3.63, 3.8) is 0 Å². The lowest BCUT2D eigenvalue weighted by Crippen LogP contribution is -2.46. The van der Waals surface area contributed by atoms with Crippen molar-refractivity contribution in [2.75, 3.05) is 13.1 Å². The third kappa shape index (κ3) is 4.97. The molecule has 2 aromatic carbocycles. The minimum absolute atomic E-state index is 0.0198. The molecule has 0 aliphatic carbocycles. The molecule has 1 aliphatic rings. The summed E-state index contributed by atoms with van der Waals surface area (Å²) in [7, 11) is 0. The molecule has 1 saturated heterocycles. The van der Waals surface area contributed by atoms with Gasteiger partial charge in [0.2, 0.25) is 0 Å². The number of hydrogen-bond donors (Lipinski definition) is 2. The minimum atomic E-state index is -0.981. The van der Waals surface area contributed by atoms with Gasteiger partial charge in [-0.1, -0.05) is 29.8 Å². The van der Waals surface area contributed by atoms with Crippen molar-refractivity contribution in [2.24, 2.45) is 5.92 Å². The highest BCUT2D eigenvalue weighted by molar-refractivity contribution is 6.31. The van der Waals surface area contributed by atoms with E-state index in [1.54, 1.807) is 18.2 Å². The predicted molar refractivity (Wildman–Crippen MR) is 99.2 cm³/mol. The summed E-state index contributed by atoms with van der Waals surface area (Å²) in [4.78, 5) is 13.2. The molecule has 144 valence electrons. The Morgan fingerprint density at radius 2 is 2.07 bits per heavy atom. The number of benzene rings is 2. The number of aliphatic carboxylic acids is 1. The number of piperidine rings is 1. The van der Waals surface area contributed by atoms with Crippen LogP contribution in [0.4, 0.5) is 4.39 Å². The Balaban J connectivity index is 1.63. The van der Waals surface area contributed by atoms with Gasteiger partial charge in [0.15, 0.2) is 0 Å². The summed E-state index contributed by atoms with van der Waals surface area (Å²) in [5, 5.41) is 19.4. The van der Waals surface area contributed by atoms with Crippen molar-refractivity contribution in [3.8, 4) is 5.75 Å². The van der Waals surface area contributed by atoms with Gasteiger partial charge in [-0.3, -0.25) is 9.69 Å². The second-order valence-corrected chi connectivity index (χ2v) is 7.08. The Kier molecular flexibility index (Phi) is 6.31. The molecule has 0 unspecified atom stereocenters. The van der Waals surface area contributed by atoms with Crippen LogP contribution >= 0.6 is 11.6 Å². The number of hydrogen-bond acceptors (Lipinski definition) is 4. The lowest BCUT2D eigenvalue weighted by atomic mass is 9.94. The summed E-state index contributed by atoms with van der Waals surface area (Å²) in [6.45, 7) is 1.49. The van der Waals surface area contributed by atoms with E-state index in [1.165, 1.54) is 6.07 Å². The largest absolute Gasteiger partial charge is 0.489 e. The summed E-state index contributed by atoms with van der Waals surface area (Å²) in [6.07, 6.45) is -0.377. The van der Waals surface area contributed by atoms with Crippen molar-refractivity contribution >= 4 is 17.6 Å². The van der Waals surface area contributed by atoms with Crippen molar-refractivity contribution in [1.82, 2.24) is 4.90 Å². The Labute approximate surface area is 161 Å². The molecule has 2 atom stereocenters. The van der Waals surface area contributed by atoms with E-state index < -0.39 is 23.8 Å². The summed E-state index contributed by atoms with van der Waals surface area (Å²) >= 11 is 6.01. The van der Waals surface area contributed by atoms with Crippen LogP contribution in [0.1, 0.15) is 17.5 Å². The van der Waals surface area contributed by atoms with E-state index in [0.29, 0.717) is 42.4 Å². The molecule has 0 saturated carbocycles. The molecule has 0 bridgehead atoms. The number of carbonyl (C=O) groups is 1. The van der Waals surface area contributed by atoms with Gasteiger partial charge in [-0.2, -0.15) is 0 Å². The molecular formula is C20H21ClFNO4. The Morgan fingerprint density at radius 1 is 1.30 bits per heavy atom. The molecule has 1 aliphatic heterocycles. The summed E-state index contributed by atoms with van der Waals surface area (Å²) in [5.74, 6) is -1.59. The number of nitrogens with zero attached hydrogens (tertiary/aromatic N) is 1. The van der Waals surface area contributed by atoms with E-state index in [2.05, 4.69) is 0 Å². The van der Waals surface area contributed by atoms with Gasteiger partial charge in [-0.25, -0.2) is 4.39 Å². The molecule has 27 heavy (non-hydrogen) atoms. The van der Waals surface area contributed by atoms with Crippen molar-refractivity contribution in [1.29, 1.82) is 0 Å². The van der Waals surface area contributed by atoms with Crippen molar-refractivity contribution in [2.45, 2.75) is 25.7 Å². The van der Waals surface area contributed by atoms with Gasteiger partial charge in [-0.15, -0.1) is 0 Å². The summed E-state index contributed by atoms with van der Waals surface area (Å²) < 4.78 is 19.5. The van der Waals surface area contributed by atoms with E-state index in [1.807, 2.05) is 23.1 Å². The zero-order valence-electron chi connectivity index (χ0n) is 14.6. The molecule has 0 radical (unpaired) electrons. The number of likely N-dealkylation sites (tertiary alicyclic amines) is 1. The lowest BCUT2D eigenvalue weighted by Gasteiger charge is -2.34. The average molecular weight is 394 g/mol. The maximum Gasteiger partial charge on any atom is 0.310 e. The number of aliphatic hydroxyl groups is 1. The topological polar surface area (TPSA) is 70.0 Å². The van der Waals surface area contributed by atoms with Gasteiger partial charge < -0.3 is 14.9 Å². The lowest BCUT2D eigenvalue weighted by molar-refractivity contribution is -0.149. The van der Waals surface area contributed by atoms with E-state index in [4.69, 9.17) is 16.3 Å². The molecule has 5 nitrogen and oxygen atoms in total. The van der Waals surface area contributed by atoms with Crippen LogP contribution in [0, 0.1) is 11.7 Å². The van der Waals surface area contributed by atoms with Gasteiger partial charge in [0.05, 0.1) is 17.0 Å². The molecule has 0 spiro atoms. The Bertz CT molecular complexity index is 796. The number of carboxylic acid groups (broad SMARTS) is 1. The fourth-order valence-electron chi connectivity index (χ4n) is 3.21. The van der Waals surface area contributed by atoms with E-state index >= 15 is 0 Å². The second-order valence-electron chi connectivity index (χ2n) is 6.67. The van der Waals surface area contributed by atoms with Gasteiger partial charge in [0.25, 0.3) is 0 Å². The van der Waals surface area contributed by atoms with E-state index in [0.717, 1.165) is 5.56 Å². The zero-order chi connectivity index (χ0) is 19.4. The normalized spacial score (nSPS) is 20.4. The van der Waals surface area contributed by atoms with Crippen LogP contribution in [0.15, 0.2) is 42.5 Å². The molecule has 7 heteroatoms. The summed E-state index contributed by atoms with van der Waals surface area (Å²) in [6, 6.07) is 11.9. The van der Waals surface area contributed by atoms with Gasteiger partial charge in [0, 0.05) is 25.2 Å². The van der Waals surface area contributed by atoms with E-state index in [-0.39, 0.29) is 6.61 Å². The molecule has 0 aromatic heterocycles. The number of halogens is 2. The summed E-state index contributed by atoms with van der Waals surface area (Å²) in [5.41, 5.74) is 1.26. The zero-order valence-corrected chi connectivity index (χ0v) is 15.4. The minimum Gasteiger partial charge on any atom is -0.489 e. The first kappa shape index (κ1) is 19.6. The second kappa shape index (κ2) is 8.69. The first-order valence-corrected chi connectivity index (χ1v) is 9.09. The van der Waals surface area contributed by atoms with Crippen LogP contribution in [0.25, 0.3) is 0 Å². The highest BCUT2D eigenvalue weighted by Crippen LogP contribution is 2.24. The fourth-order valence-corrected chi connectivity index (χ4v) is 3.43. The van der Waals surface area contributed by atoms with Crippen molar-refractivity contribution in [3.05, 3.63) is 64.4 Å². The van der Waals surface area contributed by atoms with Gasteiger partial charge in [0.1, 0.15) is 18.2 Å². The standard InChI is InChI=1S/C20H21ClFNO4/c21-17-5-2-6-18(22)16(17)12-27-14-4-1-3-13(9-14)10-23-8-7-19(24)15(11-23)20(25)26/h1-6,9,15,19,24H,7-8,10-12H2,(H,25,26)/t15-,19+/m1/s1. The maximum absolute atomic E-state index is 13.8. The molecule has 0 amide bonds. The van der Waals surface area contributed by atoms with Crippen LogP contribution in [0.5, 0.6) is 5.75 Å². The molecule has 1 fully saturated rings. The number of rotatable bonds is 6. The third-order valence-electron chi connectivity index (χ3n) is 4.73. The first-order valence-electron chi connectivity index (χ1n) is 8.72. The highest BCUT2D eigenvalue weighted by atomic mass is 35.5. The maximum atomic E-state index is 13.8. The van der Waals surface area contributed by atoms with Crippen LogP contribution in [-0.2, 0) is 17.9 Å². The van der Waals surface area contributed by atoms with Crippen LogP contribution in [0.3, 0.4) is 0 Å². The SMILES string of the molecule is O=C(O)[C@@H]1CN(Cc2cccc(OCc3c(F)cccc3Cl)c2)CC[C@@H]1O. The first-order chi connectivity index (χ1) is 12.9. The monoisotopic (exact) mass is 393 g/mol. The molecule has 2 aromatic rings. The molecule has 3 rings (SSSR count). The Hall–Kier alpha value is -2.15. The molecule has 1 heterocycles. The van der Waals surface area contributed by atoms with Crippen LogP contribution < -0.4 is 4.74 Å². The number of ether oxygens (including phenoxy) is 1. The van der Waals surface area contributed by atoms with Crippen LogP contribution in [0.2, 0.25) is 5.02 Å². The molecular weight excluding hydrogens is 373 g/mol. The van der Waals surface area contributed by atoms with Crippen LogP contribution in [-0.4, -0.2) is 40.3 Å². The number of carboxylic acids is 1. The van der Waals surface area contributed by atoms with E-state index in [9.17, 15) is 19.4 Å². The fraction of sp³-hybridized carbons (Fsp3) is 0.350. The quantitative estimate of drug-likeness (QED) is 0.787.